The number of phenolic OH excluding ortho intramolecular Hbond substituents is 4. The number of rotatable bonds is 23. The number of hydrogen-bond acceptors (Lipinski definition) is 20. The number of carboxylic acids is 4. The summed E-state index contributed by atoms with van der Waals surface area (Å²) in [4.78, 5) is 69.2. The molecule has 0 aliphatic heterocycles. The standard InChI is InChI=1S/C25H18O5S.C25H20O4S.C24H15NO4S.C23H15NO6S/c1-15(26)19-4-2-3-5-20(19)25-24(21-12-9-17(27)14-22(21)31-25)30-18-10-6-16(7-11-18)8-13-23(28)29;1-2-17-5-3-4-6-20(17)25-24(21-13-10-18(26)15-22(21)30-25)29-19-11-7-16(8-12-19)9-14-23(27)28;25-14-16-3-1-2-4-19(16)24-23(20-11-8-17(26)13-21(20)30-24)29-18-9-5-15(6-10-18)7-12-22(27)28;25-15-8-11-18-20(13-15)31-23(17-3-1-2-4-19(17)24(28)29)22(18)30-16-9-5-14(6-10-16)7-12-21(26)27/h2-14,27H,1H3,(H,28,29);3-15,26H,2H2,1H3,(H,27,28);1-13,26H,(H,27,28);1-13,25H,(H,26,27)/b13-8+;14-9+;2*12-7+. The van der Waals surface area contributed by atoms with Crippen molar-refractivity contribution in [3.63, 3.8) is 0 Å². The van der Waals surface area contributed by atoms with Crippen molar-refractivity contribution in [2.75, 3.05) is 0 Å². The summed E-state index contributed by atoms with van der Waals surface area (Å²) in [5.74, 6) is 1.23. The molecule has 16 rings (SSSR count). The molecule has 604 valence electrons. The van der Waals surface area contributed by atoms with Crippen LogP contribution in [0.25, 0.3) is 106 Å². The van der Waals surface area contributed by atoms with E-state index in [-0.39, 0.29) is 34.5 Å². The maximum Gasteiger partial charge on any atom is 0.328 e. The average Bonchev–Trinajstić information content (AvgIpc) is 1.63. The van der Waals surface area contributed by atoms with Gasteiger partial charge >= 0.3 is 23.9 Å². The van der Waals surface area contributed by atoms with Crippen molar-refractivity contribution in [1.82, 2.24) is 0 Å². The molecule has 122 heavy (non-hydrogen) atoms. The van der Waals surface area contributed by atoms with Gasteiger partial charge in [0.05, 0.1) is 41.6 Å². The lowest BCUT2D eigenvalue weighted by Gasteiger charge is -2.11. The maximum atomic E-state index is 12.2. The summed E-state index contributed by atoms with van der Waals surface area (Å²) in [7, 11) is 0. The van der Waals surface area contributed by atoms with Crippen LogP contribution in [0.15, 0.2) is 291 Å². The topological polar surface area (TPSA) is 351 Å². The summed E-state index contributed by atoms with van der Waals surface area (Å²) >= 11 is 5.77. The zero-order valence-electron chi connectivity index (χ0n) is 64.3. The fourth-order valence-electron chi connectivity index (χ4n) is 12.7. The third-order valence-corrected chi connectivity index (χ3v) is 23.1. The highest BCUT2D eigenvalue weighted by Gasteiger charge is 2.26. The van der Waals surface area contributed by atoms with Crippen LogP contribution in [-0.2, 0) is 25.6 Å². The zero-order chi connectivity index (χ0) is 86.1. The van der Waals surface area contributed by atoms with Crippen molar-refractivity contribution >= 4 is 145 Å². The molecule has 0 radical (unpaired) electrons. The number of ether oxygens (including phenoxy) is 4. The van der Waals surface area contributed by atoms with E-state index in [1.54, 1.807) is 175 Å². The lowest BCUT2D eigenvalue weighted by molar-refractivity contribution is -0.384. The Morgan fingerprint density at radius 3 is 0.992 bits per heavy atom. The van der Waals surface area contributed by atoms with E-state index in [0.717, 1.165) is 119 Å². The van der Waals surface area contributed by atoms with Gasteiger partial charge in [-0.1, -0.05) is 134 Å². The van der Waals surface area contributed by atoms with Crippen molar-refractivity contribution in [3.05, 3.63) is 340 Å². The minimum Gasteiger partial charge on any atom is -0.508 e. The predicted molar refractivity (Wildman–Crippen MR) is 479 cm³/mol. The molecule has 0 amide bonds. The Hall–Kier alpha value is -15.7. The number of aromatic hydroxyl groups is 4. The second-order valence-electron chi connectivity index (χ2n) is 26.7. The van der Waals surface area contributed by atoms with Gasteiger partial charge in [0.25, 0.3) is 5.69 Å². The first-order valence-electron chi connectivity index (χ1n) is 37.1. The molecular formula is C97H68N2O19S4. The number of para-hydroxylation sites is 1. The number of nitriles is 1. The Morgan fingerprint density at radius 1 is 0.377 bits per heavy atom. The van der Waals surface area contributed by atoms with Gasteiger partial charge in [-0.25, -0.2) is 19.2 Å². The summed E-state index contributed by atoms with van der Waals surface area (Å²) in [5, 5.41) is 99.0. The third-order valence-electron chi connectivity index (χ3n) is 18.4. The number of fused-ring (bicyclic) bond motifs is 4. The summed E-state index contributed by atoms with van der Waals surface area (Å²) in [6.07, 6.45) is 11.2. The van der Waals surface area contributed by atoms with Crippen LogP contribution in [0.4, 0.5) is 5.69 Å². The minimum absolute atomic E-state index is 0.0442. The molecule has 0 unspecified atom stereocenters. The van der Waals surface area contributed by atoms with Crippen molar-refractivity contribution in [3.8, 4) is 117 Å². The fourth-order valence-corrected chi connectivity index (χ4v) is 17.6. The number of hydrogen-bond donors (Lipinski definition) is 8. The number of nitro groups is 1. The molecule has 4 aromatic heterocycles. The molecule has 25 heteroatoms. The third kappa shape index (κ3) is 20.6. The molecule has 0 saturated carbocycles. The number of Topliss-reactive ketones (excluding diaryl/α,β-unsaturated/α-hetero) is 1. The first-order chi connectivity index (χ1) is 58.9. The van der Waals surface area contributed by atoms with E-state index in [1.165, 1.54) is 82.9 Å². The number of nitro benzene ring substituents is 1. The highest BCUT2D eigenvalue weighted by Crippen LogP contribution is 2.53. The van der Waals surface area contributed by atoms with Gasteiger partial charge in [0, 0.05) is 87.4 Å². The highest BCUT2D eigenvalue weighted by atomic mass is 32.1. The van der Waals surface area contributed by atoms with Crippen molar-refractivity contribution < 1.29 is 88.7 Å². The molecule has 0 atom stereocenters. The molecule has 0 aliphatic carbocycles. The van der Waals surface area contributed by atoms with Crippen LogP contribution in [0, 0.1) is 21.4 Å². The number of ketones is 1. The van der Waals surface area contributed by atoms with Crippen LogP contribution < -0.4 is 18.9 Å². The van der Waals surface area contributed by atoms with Gasteiger partial charge in [-0.05, 0) is 204 Å². The maximum absolute atomic E-state index is 12.2. The predicted octanol–water partition coefficient (Wildman–Crippen LogP) is 25.2. The number of carbonyl (C=O) groups is 5. The Morgan fingerprint density at radius 2 is 0.664 bits per heavy atom. The Bertz CT molecular complexity index is 6620. The van der Waals surface area contributed by atoms with Crippen molar-refractivity contribution in [2.45, 2.75) is 20.3 Å². The van der Waals surface area contributed by atoms with Gasteiger partial charge < -0.3 is 59.8 Å². The number of aryl methyl sites for hydroxylation is 1. The monoisotopic (exact) mass is 1690 g/mol. The average molecular weight is 1690 g/mol. The van der Waals surface area contributed by atoms with E-state index in [9.17, 15) is 59.8 Å². The van der Waals surface area contributed by atoms with E-state index in [2.05, 4.69) is 25.1 Å². The van der Waals surface area contributed by atoms with Gasteiger partial charge in [0.15, 0.2) is 28.8 Å². The molecule has 4 heterocycles. The SMILES string of the molecule is CC(=O)c1ccccc1-c1sc2cc(O)ccc2c1Oc1ccc(/C=C/C(=O)O)cc1.CCc1ccccc1-c1sc2cc(O)ccc2c1Oc1ccc(/C=C/C(=O)O)cc1.N#Cc1ccccc1-c1sc2cc(O)ccc2c1Oc1ccc(/C=C/C(=O)O)cc1.O=C(O)/C=C/c1ccc(Oc2c(-c3ccccc3[N+](=O)[O-])sc3cc(O)ccc23)cc1. The molecule has 0 fully saturated rings. The Kier molecular flexibility index (Phi) is 26.6. The summed E-state index contributed by atoms with van der Waals surface area (Å²) in [5.41, 5.74) is 8.32. The molecule has 12 aromatic carbocycles. The minimum atomic E-state index is -1.04. The lowest BCUT2D eigenvalue weighted by atomic mass is 10.0. The number of carboxylic acid groups (broad SMARTS) is 4. The molecular weight excluding hydrogens is 1630 g/mol. The van der Waals surface area contributed by atoms with E-state index in [1.807, 2.05) is 78.9 Å². The van der Waals surface area contributed by atoms with Crippen LogP contribution in [0.3, 0.4) is 0 Å². The number of nitrogens with zero attached hydrogens (tertiary/aromatic N) is 2. The van der Waals surface area contributed by atoms with E-state index >= 15 is 0 Å². The van der Waals surface area contributed by atoms with Crippen LogP contribution in [0.5, 0.6) is 69.0 Å². The molecule has 0 saturated heterocycles. The van der Waals surface area contributed by atoms with Crippen LogP contribution in [0.2, 0.25) is 0 Å². The Balaban J connectivity index is 0.000000140. The normalized spacial score (nSPS) is 11.1. The molecule has 0 spiro atoms. The van der Waals surface area contributed by atoms with Crippen LogP contribution >= 0.6 is 45.3 Å². The quantitative estimate of drug-likeness (QED) is 0.0128. The second-order valence-corrected chi connectivity index (χ2v) is 30.9. The molecule has 16 aromatic rings. The summed E-state index contributed by atoms with van der Waals surface area (Å²) < 4.78 is 28.3. The fraction of sp³-hybridized carbons (Fsp3) is 0.0309. The lowest BCUT2D eigenvalue weighted by Crippen LogP contribution is -1.95. The Labute approximate surface area is 711 Å². The van der Waals surface area contributed by atoms with E-state index in [4.69, 9.17) is 39.4 Å². The van der Waals surface area contributed by atoms with Crippen molar-refractivity contribution in [2.24, 2.45) is 0 Å². The first kappa shape index (κ1) is 84.2. The van der Waals surface area contributed by atoms with E-state index in [0.29, 0.717) is 72.8 Å². The number of carbonyl (C=O) groups excluding carboxylic acids is 1. The number of phenols is 4. The van der Waals surface area contributed by atoms with Gasteiger partial charge in [0.2, 0.25) is 0 Å². The zero-order valence-corrected chi connectivity index (χ0v) is 67.6. The smallest absolute Gasteiger partial charge is 0.328 e. The van der Waals surface area contributed by atoms with Gasteiger partial charge in [-0.3, -0.25) is 14.9 Å². The van der Waals surface area contributed by atoms with Gasteiger partial charge in [-0.15, -0.1) is 45.3 Å². The number of aliphatic carboxylic acids is 4. The highest BCUT2D eigenvalue weighted by molar-refractivity contribution is 7.24. The molecule has 0 bridgehead atoms. The van der Waals surface area contributed by atoms with E-state index < -0.39 is 28.8 Å². The summed E-state index contributed by atoms with van der Waals surface area (Å²) in [6.45, 7) is 3.66. The van der Waals surface area contributed by atoms with Crippen molar-refractivity contribution in [1.29, 1.82) is 5.26 Å². The second kappa shape index (κ2) is 38.6. The van der Waals surface area contributed by atoms with Crippen LogP contribution in [-0.4, -0.2) is 75.4 Å². The molecule has 0 aliphatic rings. The molecule has 21 nitrogen and oxygen atoms in total. The number of thiophene rings is 4. The van der Waals surface area contributed by atoms with Gasteiger partial charge in [0.1, 0.15) is 46.0 Å². The summed E-state index contributed by atoms with van der Waals surface area (Å²) in [6, 6.07) is 79.9. The van der Waals surface area contributed by atoms with Crippen LogP contribution in [0.1, 0.15) is 57.6 Å². The van der Waals surface area contributed by atoms with Gasteiger partial charge in [-0.2, -0.15) is 5.26 Å². The molecule has 8 N–H and O–H groups in total. The first-order valence-corrected chi connectivity index (χ1v) is 40.4. The largest absolute Gasteiger partial charge is 0.508 e. The number of benzene rings is 12.